The molecule has 0 amide bonds. The van der Waals surface area contributed by atoms with Crippen LogP contribution in [0.1, 0.15) is 50.7 Å². The summed E-state index contributed by atoms with van der Waals surface area (Å²) in [6.45, 7) is 4.36. The minimum Gasteiger partial charge on any atom is -0.490 e. The molecule has 8 heteroatoms. The van der Waals surface area contributed by atoms with Crippen molar-refractivity contribution in [1.29, 1.82) is 0 Å². The maximum Gasteiger partial charge on any atom is 0.328 e. The van der Waals surface area contributed by atoms with Gasteiger partial charge in [-0.2, -0.15) is 4.39 Å². The Bertz CT molecular complexity index is 1210. The molecule has 6 nitrogen and oxygen atoms in total. The van der Waals surface area contributed by atoms with Crippen LogP contribution in [0.5, 0.6) is 5.75 Å². The lowest BCUT2D eigenvalue weighted by Crippen LogP contribution is -2.32. The van der Waals surface area contributed by atoms with Gasteiger partial charge < -0.3 is 4.74 Å². The third-order valence-corrected chi connectivity index (χ3v) is 6.93. The molecule has 0 bridgehead atoms. The second-order valence-electron chi connectivity index (χ2n) is 8.89. The van der Waals surface area contributed by atoms with Crippen molar-refractivity contribution in [3.63, 3.8) is 0 Å². The first kappa shape index (κ1) is 23.3. The highest BCUT2D eigenvalue weighted by molar-refractivity contribution is 7.97. The highest BCUT2D eigenvalue weighted by Gasteiger charge is 2.21. The quantitative estimate of drug-likeness (QED) is 0.473. The molecule has 0 spiro atoms. The van der Waals surface area contributed by atoms with E-state index < -0.39 is 17.1 Å². The third kappa shape index (κ3) is 5.94. The van der Waals surface area contributed by atoms with Gasteiger partial charge in [-0.05, 0) is 80.8 Å². The van der Waals surface area contributed by atoms with Crippen LogP contribution in [0.3, 0.4) is 0 Å². The second kappa shape index (κ2) is 9.97. The van der Waals surface area contributed by atoms with Crippen molar-refractivity contribution in [2.45, 2.75) is 62.6 Å². The van der Waals surface area contributed by atoms with Gasteiger partial charge in [0.2, 0.25) is 5.82 Å². The molecule has 1 fully saturated rings. The average molecular weight is 470 g/mol. The summed E-state index contributed by atoms with van der Waals surface area (Å²) in [4.78, 5) is 26.1. The molecule has 4 rings (SSSR count). The summed E-state index contributed by atoms with van der Waals surface area (Å²) in [6, 6.07) is 15.9. The maximum atomic E-state index is 13.5. The van der Waals surface area contributed by atoms with Gasteiger partial charge in [0.25, 0.3) is 5.56 Å². The van der Waals surface area contributed by atoms with Gasteiger partial charge in [0.05, 0.1) is 18.8 Å². The van der Waals surface area contributed by atoms with Crippen molar-refractivity contribution in [2.24, 2.45) is 0 Å². The molecule has 1 aromatic heterocycles. The fraction of sp³-hybridized carbons (Fsp3) is 0.360. The fourth-order valence-corrected chi connectivity index (χ4v) is 4.69. The SMILES string of the molecule is CC(C)(NSc1cccc(OC2CCCC2)c1)c1ccc(Cn2cc(F)c(=O)[nH]c2=O)cc1. The number of halogens is 1. The van der Waals surface area contributed by atoms with Crippen LogP contribution in [-0.2, 0) is 12.1 Å². The van der Waals surface area contributed by atoms with E-state index in [1.807, 2.05) is 41.4 Å². The van der Waals surface area contributed by atoms with Gasteiger partial charge in [-0.25, -0.2) is 9.52 Å². The van der Waals surface area contributed by atoms with Gasteiger partial charge >= 0.3 is 5.69 Å². The van der Waals surface area contributed by atoms with Crippen LogP contribution >= 0.6 is 11.9 Å². The average Bonchev–Trinajstić information content (AvgIpc) is 3.30. The molecule has 33 heavy (non-hydrogen) atoms. The molecular weight excluding hydrogens is 441 g/mol. The molecular formula is C25H28FN3O3S. The highest BCUT2D eigenvalue weighted by Crippen LogP contribution is 2.30. The molecule has 0 atom stereocenters. The van der Waals surface area contributed by atoms with Gasteiger partial charge in [-0.15, -0.1) is 0 Å². The molecule has 2 N–H and O–H groups in total. The Balaban J connectivity index is 1.39. The van der Waals surface area contributed by atoms with E-state index in [1.54, 1.807) is 11.9 Å². The van der Waals surface area contributed by atoms with E-state index >= 15 is 0 Å². The number of benzene rings is 2. The second-order valence-corrected chi connectivity index (χ2v) is 9.77. The minimum atomic E-state index is -1.01. The molecule has 3 aromatic rings. The van der Waals surface area contributed by atoms with Crippen LogP contribution in [0.15, 0.2) is 69.2 Å². The van der Waals surface area contributed by atoms with Crippen molar-refractivity contribution in [1.82, 2.24) is 14.3 Å². The molecule has 1 saturated carbocycles. The number of aromatic amines is 1. The van der Waals surface area contributed by atoms with E-state index in [2.05, 4.69) is 30.7 Å². The summed E-state index contributed by atoms with van der Waals surface area (Å²) >= 11 is 1.56. The lowest BCUT2D eigenvalue weighted by molar-refractivity contribution is 0.209. The van der Waals surface area contributed by atoms with E-state index in [-0.39, 0.29) is 12.1 Å². The molecule has 1 aliphatic rings. The summed E-state index contributed by atoms with van der Waals surface area (Å²) in [5.41, 5.74) is -0.0768. The van der Waals surface area contributed by atoms with Crippen molar-refractivity contribution >= 4 is 11.9 Å². The number of nitrogens with one attached hydrogen (secondary N) is 2. The number of H-pyrrole nitrogens is 1. The lowest BCUT2D eigenvalue weighted by atomic mass is 9.95. The van der Waals surface area contributed by atoms with Crippen molar-refractivity contribution in [3.05, 3.63) is 92.5 Å². The fourth-order valence-electron chi connectivity index (χ4n) is 3.88. The number of hydrogen-bond acceptors (Lipinski definition) is 5. The molecule has 0 saturated heterocycles. The summed E-state index contributed by atoms with van der Waals surface area (Å²) in [5, 5.41) is 0. The first-order valence-corrected chi connectivity index (χ1v) is 11.9. The Hall–Kier alpha value is -2.84. The largest absolute Gasteiger partial charge is 0.490 e. The number of hydrogen-bond donors (Lipinski definition) is 2. The van der Waals surface area contributed by atoms with Crippen LogP contribution in [0, 0.1) is 5.82 Å². The first-order valence-electron chi connectivity index (χ1n) is 11.1. The normalized spacial score (nSPS) is 14.5. The zero-order valence-corrected chi connectivity index (χ0v) is 19.6. The van der Waals surface area contributed by atoms with Crippen molar-refractivity contribution < 1.29 is 9.13 Å². The first-order chi connectivity index (χ1) is 15.8. The van der Waals surface area contributed by atoms with Crippen molar-refractivity contribution in [3.8, 4) is 5.75 Å². The van der Waals surface area contributed by atoms with Crippen molar-refractivity contribution in [2.75, 3.05) is 0 Å². The van der Waals surface area contributed by atoms with Gasteiger partial charge in [0.1, 0.15) is 5.75 Å². The monoisotopic (exact) mass is 469 g/mol. The molecule has 0 aliphatic heterocycles. The predicted molar refractivity (Wildman–Crippen MR) is 128 cm³/mol. The van der Waals surface area contributed by atoms with E-state index in [0.29, 0.717) is 6.10 Å². The van der Waals surface area contributed by atoms with Crippen LogP contribution in [0.2, 0.25) is 0 Å². The van der Waals surface area contributed by atoms with Crippen LogP contribution in [0.4, 0.5) is 4.39 Å². The van der Waals surface area contributed by atoms with E-state index in [4.69, 9.17) is 4.74 Å². The Morgan fingerprint density at radius 1 is 1.15 bits per heavy atom. The van der Waals surface area contributed by atoms with Gasteiger partial charge in [0.15, 0.2) is 0 Å². The molecule has 174 valence electrons. The third-order valence-electron chi connectivity index (χ3n) is 5.83. The molecule has 2 aromatic carbocycles. The summed E-state index contributed by atoms with van der Waals surface area (Å²) in [6.07, 6.45) is 6.01. The van der Waals surface area contributed by atoms with Gasteiger partial charge in [0, 0.05) is 10.4 Å². The standard InChI is InChI=1S/C25H28FN3O3S/c1-25(2,28-33-21-9-5-8-20(14-21)32-19-6-3-4-7-19)18-12-10-17(11-13-18)15-29-16-22(26)23(30)27-24(29)31/h5,8-14,16,19,28H,3-4,6-7,15H2,1-2H3,(H,27,30,31). The Morgan fingerprint density at radius 2 is 1.88 bits per heavy atom. The highest BCUT2D eigenvalue weighted by atomic mass is 32.2. The zero-order chi connectivity index (χ0) is 23.4. The molecule has 0 radical (unpaired) electrons. The number of nitrogens with zero attached hydrogens (tertiary/aromatic N) is 1. The summed E-state index contributed by atoms with van der Waals surface area (Å²) in [7, 11) is 0. The Kier molecular flexibility index (Phi) is 7.05. The molecule has 0 unspecified atom stereocenters. The molecule has 1 aliphatic carbocycles. The smallest absolute Gasteiger partial charge is 0.328 e. The van der Waals surface area contributed by atoms with E-state index in [1.165, 1.54) is 12.8 Å². The number of rotatable bonds is 8. The van der Waals surface area contributed by atoms with Crippen LogP contribution in [-0.4, -0.2) is 15.7 Å². The Labute approximate surface area is 196 Å². The summed E-state index contributed by atoms with van der Waals surface area (Å²) < 4.78 is 24.3. The molecule has 1 heterocycles. The van der Waals surface area contributed by atoms with Crippen LogP contribution in [0.25, 0.3) is 0 Å². The van der Waals surface area contributed by atoms with Gasteiger partial charge in [-0.3, -0.25) is 14.3 Å². The number of aromatic nitrogens is 2. The summed E-state index contributed by atoms with van der Waals surface area (Å²) in [5.74, 6) is -0.0731. The number of ether oxygens (including phenoxy) is 1. The van der Waals surface area contributed by atoms with Crippen LogP contribution < -0.4 is 20.7 Å². The topological polar surface area (TPSA) is 76.1 Å². The lowest BCUT2D eigenvalue weighted by Gasteiger charge is -2.26. The van der Waals surface area contributed by atoms with E-state index in [9.17, 15) is 14.0 Å². The van der Waals surface area contributed by atoms with E-state index in [0.717, 1.165) is 45.4 Å². The zero-order valence-electron chi connectivity index (χ0n) is 18.8. The Morgan fingerprint density at radius 3 is 2.61 bits per heavy atom. The predicted octanol–water partition coefficient (Wildman–Crippen LogP) is 4.58. The maximum absolute atomic E-state index is 13.5. The van der Waals surface area contributed by atoms with Gasteiger partial charge in [-0.1, -0.05) is 30.3 Å². The minimum absolute atomic E-state index is 0.170.